The van der Waals surface area contributed by atoms with Gasteiger partial charge in [0.2, 0.25) is 0 Å². The van der Waals surface area contributed by atoms with Crippen LogP contribution in [0.3, 0.4) is 0 Å². The number of rotatable bonds is 9. The first-order valence-corrected chi connectivity index (χ1v) is 13.9. The highest BCUT2D eigenvalue weighted by Gasteiger charge is 2.26. The first-order valence-electron chi connectivity index (χ1n) is 13.9. The number of aromatic nitrogens is 2. The second-order valence-corrected chi connectivity index (χ2v) is 10.1. The maximum Gasteiger partial charge on any atom is 0.305 e. The maximum atomic E-state index is 13.5. The molecule has 224 valence electrons. The minimum absolute atomic E-state index is 0.118. The number of piperazine rings is 1. The van der Waals surface area contributed by atoms with Crippen molar-refractivity contribution in [2.45, 2.75) is 12.5 Å². The quantitative estimate of drug-likeness (QED) is 0.265. The van der Waals surface area contributed by atoms with E-state index in [9.17, 15) is 28.7 Å². The lowest BCUT2D eigenvalue weighted by molar-refractivity contribution is -0.137. The fraction of sp³-hybridized carbons (Fsp3) is 0.188. The predicted molar refractivity (Wildman–Crippen MR) is 160 cm³/mol. The van der Waals surface area contributed by atoms with Gasteiger partial charge in [0.25, 0.3) is 17.7 Å². The molecule has 0 saturated carbocycles. The van der Waals surface area contributed by atoms with E-state index < -0.39 is 36.1 Å². The zero-order chi connectivity index (χ0) is 31.1. The van der Waals surface area contributed by atoms with Gasteiger partial charge in [-0.05, 0) is 60.2 Å². The van der Waals surface area contributed by atoms with Gasteiger partial charge in [0, 0.05) is 62.1 Å². The molecule has 3 heterocycles. The number of benzene rings is 2. The summed E-state index contributed by atoms with van der Waals surface area (Å²) in [5, 5.41) is 15.0. The van der Waals surface area contributed by atoms with E-state index in [-0.39, 0.29) is 11.5 Å². The monoisotopic (exact) mass is 596 g/mol. The Labute approximate surface area is 252 Å². The van der Waals surface area contributed by atoms with Gasteiger partial charge in [-0.3, -0.25) is 29.1 Å². The molecule has 5 rings (SSSR count). The highest BCUT2D eigenvalue weighted by atomic mass is 19.1. The van der Waals surface area contributed by atoms with Crippen LogP contribution >= 0.6 is 0 Å². The van der Waals surface area contributed by atoms with Crippen LogP contribution in [0.5, 0.6) is 0 Å². The number of hydrogen-bond donors (Lipinski definition) is 3. The summed E-state index contributed by atoms with van der Waals surface area (Å²) in [7, 11) is 0. The SMILES string of the molecule is O=C(O)CC(NC(=O)c1ccc(N2CCN(C(=O)c3cccnc3)CC2)c(NC(=O)c2ccncc2)c1)c1ccc(F)cc1. The van der Waals surface area contributed by atoms with Gasteiger partial charge < -0.3 is 25.5 Å². The Morgan fingerprint density at radius 3 is 2.20 bits per heavy atom. The molecule has 12 heteroatoms. The Balaban J connectivity index is 1.38. The molecule has 0 bridgehead atoms. The van der Waals surface area contributed by atoms with E-state index in [2.05, 4.69) is 20.6 Å². The van der Waals surface area contributed by atoms with Crippen molar-refractivity contribution in [2.24, 2.45) is 0 Å². The van der Waals surface area contributed by atoms with Crippen LogP contribution in [0.25, 0.3) is 0 Å². The molecule has 11 nitrogen and oxygen atoms in total. The summed E-state index contributed by atoms with van der Waals surface area (Å²) in [5.74, 6) is -2.72. The highest BCUT2D eigenvalue weighted by molar-refractivity contribution is 6.07. The summed E-state index contributed by atoms with van der Waals surface area (Å²) in [6, 6.07) is 15.7. The number of halogens is 1. The molecule has 0 radical (unpaired) electrons. The fourth-order valence-corrected chi connectivity index (χ4v) is 4.94. The van der Waals surface area contributed by atoms with Crippen LogP contribution in [-0.4, -0.2) is 69.8 Å². The summed E-state index contributed by atoms with van der Waals surface area (Å²) < 4.78 is 13.5. The number of hydrogen-bond acceptors (Lipinski definition) is 7. The third-order valence-corrected chi connectivity index (χ3v) is 7.22. The third-order valence-electron chi connectivity index (χ3n) is 7.22. The van der Waals surface area contributed by atoms with Crippen molar-refractivity contribution in [2.75, 3.05) is 36.4 Å². The Morgan fingerprint density at radius 1 is 0.818 bits per heavy atom. The summed E-state index contributed by atoms with van der Waals surface area (Å²) in [4.78, 5) is 62.7. The van der Waals surface area contributed by atoms with Crippen molar-refractivity contribution in [3.63, 3.8) is 0 Å². The molecule has 1 saturated heterocycles. The summed E-state index contributed by atoms with van der Waals surface area (Å²) in [5.41, 5.74) is 2.50. The van der Waals surface area contributed by atoms with Gasteiger partial charge in [-0.25, -0.2) is 4.39 Å². The molecule has 0 spiro atoms. The summed E-state index contributed by atoms with van der Waals surface area (Å²) in [6.07, 6.45) is 5.72. The second-order valence-electron chi connectivity index (χ2n) is 10.1. The number of aliphatic carboxylic acids is 1. The largest absolute Gasteiger partial charge is 0.481 e. The molecule has 4 aromatic rings. The zero-order valence-electron chi connectivity index (χ0n) is 23.5. The lowest BCUT2D eigenvalue weighted by Crippen LogP contribution is -2.49. The van der Waals surface area contributed by atoms with E-state index >= 15 is 0 Å². The zero-order valence-corrected chi connectivity index (χ0v) is 23.5. The molecule has 1 atom stereocenters. The minimum Gasteiger partial charge on any atom is -0.481 e. The third kappa shape index (κ3) is 7.21. The van der Waals surface area contributed by atoms with Gasteiger partial charge in [-0.1, -0.05) is 12.1 Å². The number of nitrogens with one attached hydrogen (secondary N) is 2. The van der Waals surface area contributed by atoms with Crippen LogP contribution in [0.15, 0.2) is 91.5 Å². The van der Waals surface area contributed by atoms with Gasteiger partial charge in [0.1, 0.15) is 5.82 Å². The van der Waals surface area contributed by atoms with E-state index in [0.717, 1.165) is 0 Å². The second kappa shape index (κ2) is 13.6. The predicted octanol–water partition coefficient (Wildman–Crippen LogP) is 3.78. The van der Waals surface area contributed by atoms with Crippen LogP contribution in [0.2, 0.25) is 0 Å². The lowest BCUT2D eigenvalue weighted by Gasteiger charge is -2.37. The summed E-state index contributed by atoms with van der Waals surface area (Å²) in [6.45, 7) is 1.81. The van der Waals surface area contributed by atoms with Crippen LogP contribution < -0.4 is 15.5 Å². The van der Waals surface area contributed by atoms with E-state index in [1.54, 1.807) is 47.5 Å². The number of carboxylic acid groups (broad SMARTS) is 1. The average molecular weight is 597 g/mol. The maximum absolute atomic E-state index is 13.5. The molecule has 0 aliphatic carbocycles. The van der Waals surface area contributed by atoms with Crippen LogP contribution in [0.1, 0.15) is 49.1 Å². The average Bonchev–Trinajstić information content (AvgIpc) is 3.05. The fourth-order valence-electron chi connectivity index (χ4n) is 4.94. The van der Waals surface area contributed by atoms with Crippen molar-refractivity contribution in [1.82, 2.24) is 20.2 Å². The molecule has 3 amide bonds. The molecule has 1 fully saturated rings. The van der Waals surface area contributed by atoms with E-state index in [1.807, 2.05) is 4.90 Å². The first kappa shape index (κ1) is 29.8. The number of carboxylic acids is 1. The van der Waals surface area contributed by atoms with Crippen molar-refractivity contribution in [1.29, 1.82) is 0 Å². The number of carbonyl (C=O) groups is 4. The van der Waals surface area contributed by atoms with Gasteiger partial charge in [-0.2, -0.15) is 0 Å². The standard InChI is InChI=1S/C32H29FN6O5/c33-25-6-3-21(4-7-25)26(19-29(40)41)36-31(43)23-5-8-28(27(18-23)37-30(42)22-9-12-34-13-10-22)38-14-16-39(17-15-38)32(44)24-2-1-11-35-20-24/h1-13,18,20,26H,14-17,19H2,(H,36,43)(H,37,42)(H,40,41). The molecular formula is C32H29FN6O5. The number of amides is 3. The molecule has 3 N–H and O–H groups in total. The Bertz CT molecular complexity index is 1650. The topological polar surface area (TPSA) is 145 Å². The molecule has 1 unspecified atom stereocenters. The number of pyridine rings is 2. The van der Waals surface area contributed by atoms with Crippen molar-refractivity contribution in [3.8, 4) is 0 Å². The molecule has 1 aliphatic heterocycles. The highest BCUT2D eigenvalue weighted by Crippen LogP contribution is 2.30. The normalized spacial score (nSPS) is 13.6. The van der Waals surface area contributed by atoms with Crippen LogP contribution in [0.4, 0.5) is 15.8 Å². The van der Waals surface area contributed by atoms with Crippen LogP contribution in [-0.2, 0) is 4.79 Å². The molecular weight excluding hydrogens is 567 g/mol. The minimum atomic E-state index is -1.14. The smallest absolute Gasteiger partial charge is 0.305 e. The van der Waals surface area contributed by atoms with Crippen LogP contribution in [0, 0.1) is 5.82 Å². The Morgan fingerprint density at radius 2 is 1.55 bits per heavy atom. The molecule has 1 aliphatic rings. The summed E-state index contributed by atoms with van der Waals surface area (Å²) >= 11 is 0. The number of anilines is 2. The Hall–Kier alpha value is -5.65. The van der Waals surface area contributed by atoms with Crippen molar-refractivity contribution in [3.05, 3.63) is 120 Å². The molecule has 2 aromatic carbocycles. The van der Waals surface area contributed by atoms with Gasteiger partial charge in [0.15, 0.2) is 0 Å². The van der Waals surface area contributed by atoms with E-state index in [0.29, 0.717) is 54.2 Å². The number of nitrogens with zero attached hydrogens (tertiary/aromatic N) is 4. The first-order chi connectivity index (χ1) is 21.3. The van der Waals surface area contributed by atoms with Gasteiger partial charge in [-0.15, -0.1) is 0 Å². The van der Waals surface area contributed by atoms with E-state index in [1.165, 1.54) is 48.9 Å². The van der Waals surface area contributed by atoms with Gasteiger partial charge >= 0.3 is 5.97 Å². The molecule has 2 aromatic heterocycles. The molecule has 44 heavy (non-hydrogen) atoms. The van der Waals surface area contributed by atoms with Crippen molar-refractivity contribution < 1.29 is 28.7 Å². The van der Waals surface area contributed by atoms with Gasteiger partial charge in [0.05, 0.1) is 29.4 Å². The van der Waals surface area contributed by atoms with E-state index in [4.69, 9.17) is 0 Å². The number of carbonyl (C=O) groups excluding carboxylic acids is 3. The Kier molecular flexibility index (Phi) is 9.19. The lowest BCUT2D eigenvalue weighted by atomic mass is 10.0. The van der Waals surface area contributed by atoms with Crippen molar-refractivity contribution >= 4 is 35.1 Å².